The fourth-order valence-corrected chi connectivity index (χ4v) is 17.2. The molecule has 11 amide bonds. The predicted molar refractivity (Wildman–Crippen MR) is 556 cm³/mol. The van der Waals surface area contributed by atoms with Crippen molar-refractivity contribution in [2.24, 2.45) is 29.6 Å². The van der Waals surface area contributed by atoms with Crippen LogP contribution < -0.4 is 44.7 Å². The maximum absolute atomic E-state index is 14.3. The summed E-state index contributed by atoms with van der Waals surface area (Å²) in [4.78, 5) is 196. The van der Waals surface area contributed by atoms with Crippen molar-refractivity contribution in [3.05, 3.63) is 167 Å². The van der Waals surface area contributed by atoms with Gasteiger partial charge in [0.1, 0.15) is 66.1 Å². The van der Waals surface area contributed by atoms with Gasteiger partial charge in [-0.1, -0.05) is 79.7 Å². The summed E-state index contributed by atoms with van der Waals surface area (Å²) < 4.78 is 73.3. The van der Waals surface area contributed by atoms with E-state index in [4.69, 9.17) is 84.1 Å². The Morgan fingerprint density at radius 3 is 1.38 bits per heavy atom. The predicted octanol–water partition coefficient (Wildman–Crippen LogP) is 14.2. The summed E-state index contributed by atoms with van der Waals surface area (Å²) >= 11 is 13.0. The number of halogens is 2. The lowest BCUT2D eigenvalue weighted by Gasteiger charge is -2.25. The van der Waals surface area contributed by atoms with Crippen molar-refractivity contribution in [3.8, 4) is 23.0 Å². The number of aliphatic hydroxyl groups excluding tert-OH is 2. The molecule has 42 nitrogen and oxygen atoms in total. The average Bonchev–Trinajstić information content (AvgIpc) is 1.58. The summed E-state index contributed by atoms with van der Waals surface area (Å²) in [5.74, 6) is -2.42. The zero-order valence-electron chi connectivity index (χ0n) is 86.3. The first-order chi connectivity index (χ1) is 72.0. The van der Waals surface area contributed by atoms with Crippen molar-refractivity contribution in [1.29, 1.82) is 0 Å². The van der Waals surface area contributed by atoms with Gasteiger partial charge >= 0.3 is 30.5 Å². The average molecular weight is 2120 g/mol. The molecular weight excluding hydrogens is 1990 g/mol. The number of benzene rings is 6. The molecule has 44 heteroatoms. The number of nitrogens with zero attached hydrogens (tertiary/aromatic N) is 9. The van der Waals surface area contributed by atoms with Crippen LogP contribution in [0.5, 0.6) is 23.0 Å². The number of aromatic nitrogens is 4. The van der Waals surface area contributed by atoms with Gasteiger partial charge in [0.25, 0.3) is 23.6 Å². The number of aromatic amines is 2. The molecule has 3 aliphatic rings. The molecule has 10 aromatic rings. The lowest BCUT2D eigenvalue weighted by Crippen LogP contribution is -2.45. The second-order valence-corrected chi connectivity index (χ2v) is 37.8. The van der Waals surface area contributed by atoms with Crippen molar-refractivity contribution in [1.82, 2.24) is 49.8 Å². The molecule has 4 aromatic heterocycles. The SMILES string of the molecule is CCCOc1ccc2[nH]c(C(=O)N3CC(CCl)c4c3cc(OC(=O)N(CCOCCO)CCN(C)C(=O)OCc3ccc(NC(=O)[C@H](C)CC(=O)[C@@H](NC(=O)OCCOCCN5C(=O)C=CC5=O)C(C)C)cc3)c3oc(C)nc43)cc2c1.COCCOc1ccc2[nH]c(C(=O)N3CC(CCl)c4c3cc(OC(=O)N(CCOCCO)CCN(C)C(=O)OCc3ccc(NC(=O)[C@H](C)CC(=O)[C@@H](C)C(C)C)cc3)c3oc(C)nc43)cc2c1. The Kier molecular flexibility index (Phi) is 41.8. The number of anilines is 4. The van der Waals surface area contributed by atoms with Crippen molar-refractivity contribution < 1.29 is 133 Å². The van der Waals surface area contributed by atoms with E-state index in [1.54, 1.807) is 131 Å². The zero-order valence-corrected chi connectivity index (χ0v) is 87.8. The topological polar surface area (TPSA) is 506 Å². The van der Waals surface area contributed by atoms with Crippen LogP contribution in [0, 0.1) is 43.4 Å². The number of ketones is 2. The van der Waals surface area contributed by atoms with E-state index >= 15 is 0 Å². The highest BCUT2D eigenvalue weighted by Gasteiger charge is 2.42. The lowest BCUT2D eigenvalue weighted by atomic mass is 9.88. The van der Waals surface area contributed by atoms with Crippen molar-refractivity contribution in [2.75, 3.05) is 192 Å². The number of carbonyl (C=O) groups is 13. The minimum atomic E-state index is -0.939. The highest BCUT2D eigenvalue weighted by atomic mass is 35.5. The normalized spacial score (nSPS) is 14.4. The summed E-state index contributed by atoms with van der Waals surface area (Å²) in [5.41, 5.74) is 7.84. The third kappa shape index (κ3) is 30.3. The lowest BCUT2D eigenvalue weighted by molar-refractivity contribution is -0.137. The molecule has 7 heterocycles. The molecule has 0 saturated carbocycles. The van der Waals surface area contributed by atoms with Crippen LogP contribution in [0.2, 0.25) is 0 Å². The number of carbonyl (C=O) groups excluding carboxylic acids is 13. The highest BCUT2D eigenvalue weighted by Crippen LogP contribution is 2.49. The Balaban J connectivity index is 0.000000271. The first-order valence-electron chi connectivity index (χ1n) is 49.6. The van der Waals surface area contributed by atoms with Gasteiger partial charge in [0.05, 0.1) is 90.0 Å². The smallest absolute Gasteiger partial charge is 0.415 e. The number of imide groups is 1. The van der Waals surface area contributed by atoms with Crippen LogP contribution >= 0.6 is 23.2 Å². The molecule has 6 aromatic carbocycles. The number of alkyl halides is 2. The Morgan fingerprint density at radius 1 is 0.507 bits per heavy atom. The van der Waals surface area contributed by atoms with E-state index in [0.29, 0.717) is 111 Å². The van der Waals surface area contributed by atoms with E-state index in [-0.39, 0.29) is 238 Å². The molecular formula is C106H130Cl2N14O28. The molecule has 0 spiro atoms. The van der Waals surface area contributed by atoms with Crippen LogP contribution in [0.15, 0.2) is 130 Å². The van der Waals surface area contributed by atoms with Gasteiger partial charge in [0, 0.05) is 210 Å². The molecule has 6 atom stereocenters. The number of H-pyrrole nitrogens is 2. The number of hydrogen-bond donors (Lipinski definition) is 7. The number of aryl methyl sites for hydroxylation is 2. The zero-order chi connectivity index (χ0) is 108. The van der Waals surface area contributed by atoms with E-state index < -0.39 is 66.1 Å². The molecule has 0 radical (unpaired) electrons. The van der Waals surface area contributed by atoms with Gasteiger partial charge in [-0.2, -0.15) is 0 Å². The summed E-state index contributed by atoms with van der Waals surface area (Å²) in [6.07, 6.45) is -0.643. The van der Waals surface area contributed by atoms with Crippen LogP contribution in [-0.4, -0.2) is 309 Å². The number of ether oxygens (including phenoxy) is 11. The molecule has 0 fully saturated rings. The molecule has 13 rings (SSSR count). The molecule has 0 aliphatic carbocycles. The van der Waals surface area contributed by atoms with E-state index in [1.165, 1.54) is 45.8 Å². The first kappa shape index (κ1) is 114. The maximum Gasteiger partial charge on any atom is 0.415 e. The van der Waals surface area contributed by atoms with Crippen LogP contribution in [-0.2, 0) is 75.1 Å². The molecule has 150 heavy (non-hydrogen) atoms. The maximum atomic E-state index is 14.3. The van der Waals surface area contributed by atoms with Crippen molar-refractivity contribution >= 4 is 167 Å². The summed E-state index contributed by atoms with van der Waals surface area (Å²) in [6, 6.07) is 30.2. The number of amides is 11. The minimum absolute atomic E-state index is 0.000799. The Hall–Kier alpha value is -14.3. The van der Waals surface area contributed by atoms with E-state index in [2.05, 4.69) is 35.9 Å². The van der Waals surface area contributed by atoms with Crippen molar-refractivity contribution in [2.45, 2.75) is 120 Å². The molecule has 2 unspecified atom stereocenters. The molecule has 3 aliphatic heterocycles. The van der Waals surface area contributed by atoms with Gasteiger partial charge in [-0.25, -0.2) is 33.9 Å². The second kappa shape index (κ2) is 54.8. The first-order valence-corrected chi connectivity index (χ1v) is 50.7. The Labute approximate surface area is 876 Å². The molecule has 0 saturated heterocycles. The fourth-order valence-electron chi connectivity index (χ4n) is 16.7. The summed E-state index contributed by atoms with van der Waals surface area (Å²) in [5, 5.41) is 28.4. The van der Waals surface area contributed by atoms with Crippen LogP contribution in [0.4, 0.5) is 46.7 Å². The van der Waals surface area contributed by atoms with Gasteiger partial charge in [0.15, 0.2) is 40.2 Å². The van der Waals surface area contributed by atoms with E-state index in [0.717, 1.165) is 33.1 Å². The van der Waals surface area contributed by atoms with Crippen molar-refractivity contribution in [3.63, 3.8) is 0 Å². The third-order valence-electron chi connectivity index (χ3n) is 25.4. The van der Waals surface area contributed by atoms with Crippen LogP contribution in [0.3, 0.4) is 0 Å². The molecule has 806 valence electrons. The summed E-state index contributed by atoms with van der Waals surface area (Å²) in [7, 11) is 4.63. The van der Waals surface area contributed by atoms with Gasteiger partial charge in [-0.15, -0.1) is 23.2 Å². The van der Waals surface area contributed by atoms with Crippen LogP contribution in [0.25, 0.3) is 44.0 Å². The number of alkyl carbamates (subject to hydrolysis) is 1. The van der Waals surface area contributed by atoms with E-state index in [9.17, 15) is 72.5 Å². The number of Topliss-reactive ketones (excluding diaryl/α,β-unsaturated/α-hetero) is 2. The van der Waals surface area contributed by atoms with Gasteiger partial charge in [-0.3, -0.25) is 43.3 Å². The largest absolute Gasteiger partial charge is 0.494 e. The third-order valence-corrected chi connectivity index (χ3v) is 26.1. The van der Waals surface area contributed by atoms with Crippen LogP contribution in [0.1, 0.15) is 142 Å². The quantitative estimate of drug-likeness (QED) is 0.00805. The minimum Gasteiger partial charge on any atom is -0.494 e. The number of rotatable bonds is 52. The van der Waals surface area contributed by atoms with E-state index in [1.807, 2.05) is 64.1 Å². The number of nitrogens with one attached hydrogen (secondary N) is 5. The number of aliphatic hydroxyl groups is 2. The fraction of sp³-hybridized carbons (Fsp3) is 0.462. The second-order valence-electron chi connectivity index (χ2n) is 37.2. The monoisotopic (exact) mass is 2120 g/mol. The number of hydrogen-bond acceptors (Lipinski definition) is 30. The molecule has 7 N–H and O–H groups in total. The Bertz CT molecular complexity index is 6440. The number of methoxy groups -OCH3 is 1. The Morgan fingerprint density at radius 2 is 0.953 bits per heavy atom. The van der Waals surface area contributed by atoms with Gasteiger partial charge in [-0.05, 0) is 102 Å². The highest BCUT2D eigenvalue weighted by molar-refractivity contribution is 6.20. The van der Waals surface area contributed by atoms with Gasteiger partial charge in [0.2, 0.25) is 11.8 Å². The van der Waals surface area contributed by atoms with Gasteiger partial charge < -0.3 is 126 Å². The number of fused-ring (bicyclic) bond motifs is 8. The molecule has 0 bridgehead atoms. The summed E-state index contributed by atoms with van der Waals surface area (Å²) in [6.45, 7) is 19.3. The standard InChI is InChI=1S/C57H69ClN8O16.C49H61ClN6O12/c1-7-21-78-41-12-13-42-38(28-41)29-43(61-42)54(72)66-32-39(31-58)49-44(66)30-46(52-51(49)59-36(5)81-52)82-57(75)64(18-22-76-24-20-67)17-16-63(6)56(74)80-33-37-8-10-40(11-9-37)60-53(71)35(4)27-45(68)50(34(2)3)62-55(73)79-26-25-77-23-19-65-47(69)14-15-48(65)70;1-29(2)31(4)41(58)22-30(3)46(59)52-36-10-8-33(9-11-36)28-66-48(61)54(6)14-15-55(16-18-64-19-17-57)49(62)68-42-25-40-43(44-45(42)67-32(5)51-44)35(26-50)27-56(40)47(60)39-24-34-23-37(65-21-20-63-7)12-13-38(34)53-39/h8-15,28-30,34-35,39,50,61,67H,7,16-27,31-33H2,1-6H3,(H,60,71)(H,62,73);8-13,23-25,29-31,35,53,57H,14-22,26-28H2,1-7H3,(H,52,59)/t35-,39?,50+;30-,31+,35?/m11/s1. The number of likely N-dealkylation sites (N-methyl/N-ethyl adjacent to an activating group) is 2. The number of oxazole rings is 2.